The molecule has 0 aromatic heterocycles. The molecule has 0 saturated heterocycles. The minimum atomic E-state index is -0.718. The largest absolute Gasteiger partial charge is 0.419 e. The summed E-state index contributed by atoms with van der Waals surface area (Å²) in [4.78, 5) is 13.3. The zero-order valence-corrected chi connectivity index (χ0v) is 8.06. The molecule has 0 saturated carbocycles. The van der Waals surface area contributed by atoms with Crippen LogP contribution in [0.5, 0.6) is 5.75 Å². The molecule has 0 aliphatic rings. The van der Waals surface area contributed by atoms with Crippen LogP contribution in [0, 0.1) is 0 Å². The van der Waals surface area contributed by atoms with E-state index in [4.69, 9.17) is 10.3 Å². The highest BCUT2D eigenvalue weighted by Gasteiger charge is 2.04. The lowest BCUT2D eigenvalue weighted by atomic mass is 10.3. The first kappa shape index (κ1) is 9.64. The van der Waals surface area contributed by atoms with Gasteiger partial charge in [-0.15, -0.1) is 0 Å². The van der Waals surface area contributed by atoms with Crippen LogP contribution >= 0.6 is 15.9 Å². The second kappa shape index (κ2) is 4.54. The smallest absolute Gasteiger partial charge is 0.418 e. The highest BCUT2D eigenvalue weighted by Crippen LogP contribution is 2.15. The first-order chi connectivity index (χ1) is 6.22. The number of carbonyl (C=O) groups is 1. The molecule has 0 spiro atoms. The van der Waals surface area contributed by atoms with E-state index in [9.17, 15) is 4.79 Å². The molecule has 0 aliphatic carbocycles. The molecule has 0 fully saturated rings. The molecule has 0 bridgehead atoms. The summed E-state index contributed by atoms with van der Waals surface area (Å²) in [7, 11) is 0. The van der Waals surface area contributed by atoms with E-state index in [0.717, 1.165) is 4.47 Å². The van der Waals surface area contributed by atoms with Crippen molar-refractivity contribution in [2.45, 2.75) is 0 Å². The Morgan fingerprint density at radius 2 is 2.08 bits per heavy atom. The van der Waals surface area contributed by atoms with E-state index in [1.54, 1.807) is 24.3 Å². The Labute approximate surface area is 82.9 Å². The minimum absolute atomic E-state index is 0.396. The monoisotopic (exact) mass is 240 g/mol. The van der Waals surface area contributed by atoms with Crippen molar-refractivity contribution in [3.63, 3.8) is 0 Å². The molecule has 0 aliphatic heterocycles. The fourth-order valence-electron chi connectivity index (χ4n) is 0.692. The van der Waals surface area contributed by atoms with Crippen molar-refractivity contribution in [3.05, 3.63) is 34.3 Å². The minimum Gasteiger partial charge on any atom is -0.418 e. The van der Waals surface area contributed by atoms with Crippen LogP contribution in [0.4, 0.5) is 0 Å². The maximum absolute atomic E-state index is 10.8. The Balaban J connectivity index is 2.69. The lowest BCUT2D eigenvalue weighted by Crippen LogP contribution is -2.09. The molecular weight excluding hydrogens is 236 g/mol. The Bertz CT molecular complexity index is 355. The summed E-state index contributed by atoms with van der Waals surface area (Å²) in [5, 5.41) is 0. The van der Waals surface area contributed by atoms with Gasteiger partial charge in [0.1, 0.15) is 5.75 Å². The van der Waals surface area contributed by atoms with Crippen molar-refractivity contribution in [1.82, 2.24) is 0 Å². The van der Waals surface area contributed by atoms with Gasteiger partial charge < -0.3 is 10.3 Å². The Morgan fingerprint density at radius 3 is 2.62 bits per heavy atom. The molecule has 1 aromatic rings. The third-order valence-corrected chi connectivity index (χ3v) is 1.72. The van der Waals surface area contributed by atoms with Crippen LogP contribution in [-0.2, 0) is 4.79 Å². The van der Waals surface area contributed by atoms with Gasteiger partial charge in [-0.25, -0.2) is 4.79 Å². The highest BCUT2D eigenvalue weighted by atomic mass is 79.9. The second-order valence-corrected chi connectivity index (χ2v) is 3.04. The lowest BCUT2D eigenvalue weighted by Gasteiger charge is -1.97. The van der Waals surface area contributed by atoms with Crippen LogP contribution < -0.4 is 4.74 Å². The van der Waals surface area contributed by atoms with Gasteiger partial charge in [-0.05, 0) is 24.3 Å². The first-order valence-electron chi connectivity index (χ1n) is 3.37. The number of benzene rings is 1. The molecule has 4 nitrogen and oxygen atoms in total. The number of halogens is 1. The lowest BCUT2D eigenvalue weighted by molar-refractivity contribution is -0.130. The SMILES string of the molecule is [N-]=[N+]=CC(=O)Oc1ccc(Br)cc1. The Hall–Kier alpha value is -1.45. The summed E-state index contributed by atoms with van der Waals surface area (Å²) in [6.07, 6.45) is 0.683. The second-order valence-electron chi connectivity index (χ2n) is 2.12. The maximum Gasteiger partial charge on any atom is 0.419 e. The van der Waals surface area contributed by atoms with Gasteiger partial charge in [0, 0.05) is 4.47 Å². The summed E-state index contributed by atoms with van der Waals surface area (Å²) < 4.78 is 5.63. The van der Waals surface area contributed by atoms with E-state index >= 15 is 0 Å². The summed E-state index contributed by atoms with van der Waals surface area (Å²) in [5.41, 5.74) is 8.02. The van der Waals surface area contributed by atoms with Gasteiger partial charge in [0.05, 0.1) is 0 Å². The molecule has 0 unspecified atom stereocenters. The van der Waals surface area contributed by atoms with E-state index in [1.165, 1.54) is 0 Å². The average molecular weight is 241 g/mol. The predicted molar refractivity (Wildman–Crippen MR) is 49.5 cm³/mol. The van der Waals surface area contributed by atoms with Crippen molar-refractivity contribution in [1.29, 1.82) is 0 Å². The molecule has 13 heavy (non-hydrogen) atoms. The van der Waals surface area contributed by atoms with Gasteiger partial charge >= 0.3 is 12.2 Å². The third kappa shape index (κ3) is 3.19. The molecule has 66 valence electrons. The summed E-state index contributed by atoms with van der Waals surface area (Å²) in [5.74, 6) is -0.321. The molecule has 5 heteroatoms. The number of hydrogen-bond donors (Lipinski definition) is 0. The summed E-state index contributed by atoms with van der Waals surface area (Å²) >= 11 is 3.24. The first-order valence-corrected chi connectivity index (χ1v) is 4.16. The van der Waals surface area contributed by atoms with E-state index in [1.807, 2.05) is 0 Å². The number of rotatable bonds is 2. The number of ether oxygens (including phenoxy) is 1. The van der Waals surface area contributed by atoms with E-state index in [2.05, 4.69) is 20.7 Å². The van der Waals surface area contributed by atoms with Crippen LogP contribution in [0.25, 0.3) is 5.53 Å². The number of esters is 1. The van der Waals surface area contributed by atoms with Crippen molar-refractivity contribution in [2.24, 2.45) is 0 Å². The fourth-order valence-corrected chi connectivity index (χ4v) is 0.957. The molecule has 1 aromatic carbocycles. The zero-order valence-electron chi connectivity index (χ0n) is 6.48. The molecular formula is C8H5BrN2O2. The topological polar surface area (TPSA) is 62.7 Å². The van der Waals surface area contributed by atoms with E-state index in [-0.39, 0.29) is 0 Å². The molecule has 0 atom stereocenters. The Kier molecular flexibility index (Phi) is 3.37. The molecule has 0 amide bonds. The number of hydrogen-bond acceptors (Lipinski definition) is 2. The van der Waals surface area contributed by atoms with Crippen LogP contribution in [0.15, 0.2) is 28.7 Å². The van der Waals surface area contributed by atoms with Gasteiger partial charge in [0.25, 0.3) is 0 Å². The standard InChI is InChI=1S/C8H5BrN2O2/c9-6-1-3-7(4-2-6)13-8(12)5-11-10/h1-5H. The molecule has 0 N–H and O–H groups in total. The van der Waals surface area contributed by atoms with Crippen LogP contribution in [-0.4, -0.2) is 17.0 Å². The average Bonchev–Trinajstić information content (AvgIpc) is 2.09. The van der Waals surface area contributed by atoms with Gasteiger partial charge in [0.15, 0.2) is 0 Å². The van der Waals surface area contributed by atoms with Crippen LogP contribution in [0.2, 0.25) is 0 Å². The quantitative estimate of drug-likeness (QED) is 0.260. The van der Waals surface area contributed by atoms with Gasteiger partial charge in [-0.3, -0.25) is 0 Å². The number of nitrogens with zero attached hydrogens (tertiary/aromatic N) is 2. The van der Waals surface area contributed by atoms with Crippen molar-refractivity contribution in [3.8, 4) is 5.75 Å². The zero-order chi connectivity index (χ0) is 9.68. The molecule has 0 heterocycles. The maximum atomic E-state index is 10.8. The van der Waals surface area contributed by atoms with Crippen molar-refractivity contribution in [2.75, 3.05) is 0 Å². The van der Waals surface area contributed by atoms with E-state index < -0.39 is 5.97 Å². The Morgan fingerprint density at radius 1 is 1.46 bits per heavy atom. The van der Waals surface area contributed by atoms with Crippen LogP contribution in [0.1, 0.15) is 0 Å². The predicted octanol–water partition coefficient (Wildman–Crippen LogP) is 1.66. The normalized spacial score (nSPS) is 8.69. The van der Waals surface area contributed by atoms with Gasteiger partial charge in [-0.1, -0.05) is 15.9 Å². The molecule has 0 radical (unpaired) electrons. The summed E-state index contributed by atoms with van der Waals surface area (Å²) in [6, 6.07) is 6.71. The van der Waals surface area contributed by atoms with Crippen molar-refractivity contribution < 1.29 is 14.3 Å². The van der Waals surface area contributed by atoms with Gasteiger partial charge in [-0.2, -0.15) is 4.79 Å². The number of carbonyl (C=O) groups excluding carboxylic acids is 1. The van der Waals surface area contributed by atoms with Crippen molar-refractivity contribution >= 4 is 28.1 Å². The van der Waals surface area contributed by atoms with Crippen LogP contribution in [0.3, 0.4) is 0 Å². The summed E-state index contributed by atoms with van der Waals surface area (Å²) in [6.45, 7) is 0. The van der Waals surface area contributed by atoms with E-state index in [0.29, 0.717) is 12.0 Å². The molecule has 1 rings (SSSR count). The third-order valence-electron chi connectivity index (χ3n) is 1.20. The fraction of sp³-hybridized carbons (Fsp3) is 0. The highest BCUT2D eigenvalue weighted by molar-refractivity contribution is 9.10. The van der Waals surface area contributed by atoms with Gasteiger partial charge in [0.2, 0.25) is 0 Å².